The normalized spacial score (nSPS) is 14.9. The molecule has 1 aliphatic rings. The lowest BCUT2D eigenvalue weighted by atomic mass is 10.2. The Morgan fingerprint density at radius 2 is 2.03 bits per heavy atom. The quantitative estimate of drug-likeness (QED) is 0.513. The molecule has 152 valence electrons. The minimum Gasteiger partial charge on any atom is -0.495 e. The van der Waals surface area contributed by atoms with E-state index >= 15 is 0 Å². The summed E-state index contributed by atoms with van der Waals surface area (Å²) in [4.78, 5) is 14.7. The molecular weight excluding hydrogens is 386 g/mol. The molecule has 2 aromatic heterocycles. The largest absolute Gasteiger partial charge is 0.495 e. The molecule has 1 fully saturated rings. The van der Waals surface area contributed by atoms with E-state index in [1.165, 1.54) is 0 Å². The van der Waals surface area contributed by atoms with Gasteiger partial charge in [-0.2, -0.15) is 0 Å². The SMILES string of the molecule is CN=C(NCc1coc(-c2cccs2)n1)N1CCN(c2ccccc2OC)CC1. The van der Waals surface area contributed by atoms with Gasteiger partial charge in [-0.3, -0.25) is 4.99 Å². The van der Waals surface area contributed by atoms with Gasteiger partial charge in [0.1, 0.15) is 12.0 Å². The van der Waals surface area contributed by atoms with Crippen LogP contribution in [0, 0.1) is 0 Å². The van der Waals surface area contributed by atoms with Crippen molar-refractivity contribution in [3.63, 3.8) is 0 Å². The Bertz CT molecular complexity index is 946. The van der Waals surface area contributed by atoms with Crippen LogP contribution in [0.15, 0.2) is 57.5 Å². The molecule has 0 aliphatic carbocycles. The number of nitrogens with zero attached hydrogens (tertiary/aromatic N) is 4. The average molecular weight is 412 g/mol. The first kappa shape index (κ1) is 19.3. The van der Waals surface area contributed by atoms with Crippen molar-refractivity contribution >= 4 is 23.0 Å². The molecule has 0 spiro atoms. The average Bonchev–Trinajstić information content (AvgIpc) is 3.47. The van der Waals surface area contributed by atoms with Gasteiger partial charge in [-0.1, -0.05) is 18.2 Å². The maximum Gasteiger partial charge on any atom is 0.236 e. The predicted molar refractivity (Wildman–Crippen MR) is 117 cm³/mol. The number of aliphatic imine (C=N–C) groups is 1. The topological polar surface area (TPSA) is 66.1 Å². The zero-order valence-electron chi connectivity index (χ0n) is 16.7. The summed E-state index contributed by atoms with van der Waals surface area (Å²) in [6, 6.07) is 12.2. The fraction of sp³-hybridized carbons (Fsp3) is 0.333. The van der Waals surface area contributed by atoms with Crippen molar-refractivity contribution in [3.05, 3.63) is 53.7 Å². The Morgan fingerprint density at radius 1 is 1.21 bits per heavy atom. The minimum absolute atomic E-state index is 0.578. The second kappa shape index (κ2) is 9.00. The second-order valence-corrected chi connectivity index (χ2v) is 7.62. The number of rotatable bonds is 5. The van der Waals surface area contributed by atoms with E-state index in [1.807, 2.05) is 42.8 Å². The van der Waals surface area contributed by atoms with Crippen LogP contribution in [0.25, 0.3) is 10.8 Å². The fourth-order valence-corrected chi connectivity index (χ4v) is 4.11. The van der Waals surface area contributed by atoms with Crippen molar-refractivity contribution in [2.45, 2.75) is 6.54 Å². The number of hydrogen-bond donors (Lipinski definition) is 1. The number of oxazole rings is 1. The zero-order valence-corrected chi connectivity index (χ0v) is 17.5. The molecule has 0 radical (unpaired) electrons. The van der Waals surface area contributed by atoms with Gasteiger partial charge in [0.2, 0.25) is 5.89 Å². The van der Waals surface area contributed by atoms with Crippen LogP contribution in [0.3, 0.4) is 0 Å². The van der Waals surface area contributed by atoms with E-state index in [0.717, 1.165) is 54.1 Å². The molecule has 3 heterocycles. The van der Waals surface area contributed by atoms with Crippen LogP contribution in [-0.4, -0.2) is 56.2 Å². The summed E-state index contributed by atoms with van der Waals surface area (Å²) in [6.45, 7) is 4.17. The molecule has 4 rings (SSSR count). The van der Waals surface area contributed by atoms with Crippen molar-refractivity contribution < 1.29 is 9.15 Å². The number of piperazine rings is 1. The molecule has 29 heavy (non-hydrogen) atoms. The number of hydrogen-bond acceptors (Lipinski definition) is 6. The Morgan fingerprint density at radius 3 is 2.76 bits per heavy atom. The van der Waals surface area contributed by atoms with Crippen LogP contribution in [0.5, 0.6) is 5.75 Å². The fourth-order valence-electron chi connectivity index (χ4n) is 3.45. The van der Waals surface area contributed by atoms with Gasteiger partial charge in [-0.15, -0.1) is 11.3 Å². The van der Waals surface area contributed by atoms with Crippen LogP contribution in [0.1, 0.15) is 5.69 Å². The predicted octanol–water partition coefficient (Wildman–Crippen LogP) is 3.31. The molecule has 7 nitrogen and oxygen atoms in total. The molecule has 0 bridgehead atoms. The highest BCUT2D eigenvalue weighted by molar-refractivity contribution is 7.13. The maximum atomic E-state index is 5.59. The van der Waals surface area contributed by atoms with E-state index in [0.29, 0.717) is 12.4 Å². The number of anilines is 1. The molecule has 8 heteroatoms. The second-order valence-electron chi connectivity index (χ2n) is 6.67. The van der Waals surface area contributed by atoms with Gasteiger partial charge in [0.25, 0.3) is 0 Å². The lowest BCUT2D eigenvalue weighted by Gasteiger charge is -2.38. The summed E-state index contributed by atoms with van der Waals surface area (Å²) in [5, 5.41) is 5.42. The van der Waals surface area contributed by atoms with Crippen molar-refractivity contribution in [1.29, 1.82) is 0 Å². The third-order valence-electron chi connectivity index (χ3n) is 4.93. The van der Waals surface area contributed by atoms with Crippen LogP contribution < -0.4 is 15.0 Å². The van der Waals surface area contributed by atoms with Crippen LogP contribution in [-0.2, 0) is 6.54 Å². The Labute approximate surface area is 174 Å². The number of methoxy groups -OCH3 is 1. The summed E-state index contributed by atoms with van der Waals surface area (Å²) < 4.78 is 11.1. The summed E-state index contributed by atoms with van der Waals surface area (Å²) >= 11 is 1.62. The van der Waals surface area contributed by atoms with E-state index in [-0.39, 0.29) is 0 Å². The zero-order chi connectivity index (χ0) is 20.1. The van der Waals surface area contributed by atoms with Gasteiger partial charge in [-0.05, 0) is 23.6 Å². The molecule has 0 unspecified atom stereocenters. The van der Waals surface area contributed by atoms with Crippen molar-refractivity contribution in [2.75, 3.05) is 45.2 Å². The maximum absolute atomic E-state index is 5.59. The van der Waals surface area contributed by atoms with Gasteiger partial charge in [-0.25, -0.2) is 4.98 Å². The molecule has 0 saturated carbocycles. The number of ether oxygens (including phenoxy) is 1. The number of para-hydroxylation sites is 2. The molecule has 0 atom stereocenters. The van der Waals surface area contributed by atoms with Gasteiger partial charge in [0.15, 0.2) is 5.96 Å². The number of benzene rings is 1. The third kappa shape index (κ3) is 4.37. The van der Waals surface area contributed by atoms with Gasteiger partial charge >= 0.3 is 0 Å². The van der Waals surface area contributed by atoms with Crippen LogP contribution in [0.2, 0.25) is 0 Å². The van der Waals surface area contributed by atoms with Crippen molar-refractivity contribution in [3.8, 4) is 16.5 Å². The molecular formula is C21H25N5O2S. The Balaban J connectivity index is 1.33. The highest BCUT2D eigenvalue weighted by Gasteiger charge is 2.21. The number of aromatic nitrogens is 1. The first-order valence-electron chi connectivity index (χ1n) is 9.60. The van der Waals surface area contributed by atoms with Gasteiger partial charge < -0.3 is 24.3 Å². The Hall–Kier alpha value is -3.00. The molecule has 3 aromatic rings. The molecule has 1 aliphatic heterocycles. The molecule has 1 saturated heterocycles. The number of nitrogens with one attached hydrogen (secondary N) is 1. The van der Waals surface area contributed by atoms with E-state index in [2.05, 4.69) is 31.2 Å². The monoisotopic (exact) mass is 411 g/mol. The van der Waals surface area contributed by atoms with Gasteiger partial charge in [0, 0.05) is 33.2 Å². The number of thiophene rings is 1. The minimum atomic E-state index is 0.578. The van der Waals surface area contributed by atoms with Crippen molar-refractivity contribution in [1.82, 2.24) is 15.2 Å². The van der Waals surface area contributed by atoms with E-state index in [1.54, 1.807) is 24.7 Å². The highest BCUT2D eigenvalue weighted by atomic mass is 32.1. The molecule has 0 amide bonds. The van der Waals surface area contributed by atoms with Crippen LogP contribution >= 0.6 is 11.3 Å². The molecule has 1 aromatic carbocycles. The highest BCUT2D eigenvalue weighted by Crippen LogP contribution is 2.28. The summed E-state index contributed by atoms with van der Waals surface area (Å²) in [7, 11) is 3.53. The first-order chi connectivity index (χ1) is 14.3. The summed E-state index contributed by atoms with van der Waals surface area (Å²) in [5.74, 6) is 2.46. The third-order valence-corrected chi connectivity index (χ3v) is 5.79. The summed E-state index contributed by atoms with van der Waals surface area (Å²) in [5.41, 5.74) is 2.00. The van der Waals surface area contributed by atoms with Crippen molar-refractivity contribution in [2.24, 2.45) is 4.99 Å². The van der Waals surface area contributed by atoms with E-state index < -0.39 is 0 Å². The first-order valence-corrected chi connectivity index (χ1v) is 10.5. The lowest BCUT2D eigenvalue weighted by Crippen LogP contribution is -2.52. The standard InChI is InChI=1S/C21H25N5O2S/c1-22-21(23-14-16-15-28-20(24-16)19-8-5-13-29-19)26-11-9-25(10-12-26)17-6-3-4-7-18(17)27-2/h3-8,13,15H,9-12,14H2,1-2H3,(H,22,23). The van der Waals surface area contributed by atoms with E-state index in [4.69, 9.17) is 9.15 Å². The van der Waals surface area contributed by atoms with Gasteiger partial charge in [0.05, 0.1) is 29.9 Å². The smallest absolute Gasteiger partial charge is 0.236 e. The molecule has 1 N–H and O–H groups in total. The number of guanidine groups is 1. The lowest BCUT2D eigenvalue weighted by molar-refractivity contribution is 0.367. The van der Waals surface area contributed by atoms with Crippen LogP contribution in [0.4, 0.5) is 5.69 Å². The van der Waals surface area contributed by atoms with E-state index in [9.17, 15) is 0 Å². The summed E-state index contributed by atoms with van der Waals surface area (Å²) in [6.07, 6.45) is 1.70. The Kier molecular flexibility index (Phi) is 6.00.